The molecular formula is C20H21N3O4S. The van der Waals surface area contributed by atoms with Crippen molar-refractivity contribution in [1.82, 2.24) is 9.78 Å². The number of aromatic nitrogens is 2. The molecule has 146 valence electrons. The van der Waals surface area contributed by atoms with Crippen LogP contribution >= 0.6 is 0 Å². The molecule has 2 aromatic carbocycles. The van der Waals surface area contributed by atoms with Gasteiger partial charge in [0.15, 0.2) is 17.6 Å². The fourth-order valence-corrected chi connectivity index (χ4v) is 4.27. The van der Waals surface area contributed by atoms with Crippen molar-refractivity contribution < 1.29 is 17.9 Å². The molecule has 1 aliphatic rings. The number of para-hydroxylation sites is 2. The lowest BCUT2D eigenvalue weighted by molar-refractivity contribution is 0.0759. The van der Waals surface area contributed by atoms with Gasteiger partial charge < -0.3 is 9.47 Å². The molecule has 8 heteroatoms. The first-order valence-electron chi connectivity index (χ1n) is 8.94. The Morgan fingerprint density at radius 3 is 2.82 bits per heavy atom. The van der Waals surface area contributed by atoms with Crippen molar-refractivity contribution in [2.45, 2.75) is 25.3 Å². The van der Waals surface area contributed by atoms with E-state index < -0.39 is 10.0 Å². The molecule has 0 saturated carbocycles. The van der Waals surface area contributed by atoms with Crippen LogP contribution in [0.25, 0.3) is 0 Å². The molecular weight excluding hydrogens is 378 g/mol. The normalized spacial score (nSPS) is 16.0. The lowest BCUT2D eigenvalue weighted by Crippen LogP contribution is -2.33. The van der Waals surface area contributed by atoms with Gasteiger partial charge in [0.25, 0.3) is 0 Å². The molecule has 0 fully saturated rings. The van der Waals surface area contributed by atoms with Gasteiger partial charge >= 0.3 is 0 Å². The summed E-state index contributed by atoms with van der Waals surface area (Å²) in [6.45, 7) is 2.79. The van der Waals surface area contributed by atoms with Crippen molar-refractivity contribution in [3.63, 3.8) is 0 Å². The van der Waals surface area contributed by atoms with E-state index in [1.807, 2.05) is 49.4 Å². The van der Waals surface area contributed by atoms with Crippen molar-refractivity contribution >= 4 is 15.7 Å². The Labute approximate surface area is 164 Å². The number of hydrogen-bond acceptors (Lipinski definition) is 5. The Morgan fingerprint density at radius 1 is 1.18 bits per heavy atom. The van der Waals surface area contributed by atoms with Crippen molar-refractivity contribution in [3.8, 4) is 11.5 Å². The smallest absolute Gasteiger partial charge is 0.237 e. The van der Waals surface area contributed by atoms with E-state index in [4.69, 9.17) is 9.47 Å². The minimum atomic E-state index is -3.52. The summed E-state index contributed by atoms with van der Waals surface area (Å²) in [4.78, 5) is 0. The first-order chi connectivity index (χ1) is 13.5. The Hall–Kier alpha value is -3.00. The van der Waals surface area contributed by atoms with Gasteiger partial charge in [-0.05, 0) is 24.6 Å². The summed E-state index contributed by atoms with van der Waals surface area (Å²) in [5, 5.41) is 4.23. The molecule has 4 rings (SSSR count). The minimum Gasteiger partial charge on any atom is -0.486 e. The Morgan fingerprint density at radius 2 is 2.00 bits per heavy atom. The zero-order valence-corrected chi connectivity index (χ0v) is 16.2. The molecule has 1 N–H and O–H groups in total. The lowest BCUT2D eigenvalue weighted by atomic mass is 10.2. The van der Waals surface area contributed by atoms with Crippen LogP contribution in [0.1, 0.15) is 11.1 Å². The molecule has 0 saturated heterocycles. The van der Waals surface area contributed by atoms with E-state index in [9.17, 15) is 8.42 Å². The highest BCUT2D eigenvalue weighted by Gasteiger charge is 2.21. The van der Waals surface area contributed by atoms with Crippen molar-refractivity contribution in [1.29, 1.82) is 0 Å². The van der Waals surface area contributed by atoms with Gasteiger partial charge in [-0.15, -0.1) is 0 Å². The number of ether oxygens (including phenoxy) is 2. The Balaban J connectivity index is 1.38. The van der Waals surface area contributed by atoms with E-state index in [0.29, 0.717) is 24.6 Å². The van der Waals surface area contributed by atoms with Crippen LogP contribution < -0.4 is 14.2 Å². The average molecular weight is 399 g/mol. The molecule has 28 heavy (non-hydrogen) atoms. The van der Waals surface area contributed by atoms with Crippen LogP contribution in [-0.2, 0) is 22.3 Å². The summed E-state index contributed by atoms with van der Waals surface area (Å²) in [6.07, 6.45) is 2.94. The van der Waals surface area contributed by atoms with E-state index in [2.05, 4.69) is 9.82 Å². The van der Waals surface area contributed by atoms with Gasteiger partial charge in [0.05, 0.1) is 24.2 Å². The topological polar surface area (TPSA) is 82.5 Å². The van der Waals surface area contributed by atoms with Crippen LogP contribution in [0.5, 0.6) is 11.5 Å². The molecule has 2 heterocycles. The predicted octanol–water partition coefficient (Wildman–Crippen LogP) is 2.97. The van der Waals surface area contributed by atoms with Crippen LogP contribution in [0.3, 0.4) is 0 Å². The van der Waals surface area contributed by atoms with Gasteiger partial charge in [0.1, 0.15) is 6.61 Å². The van der Waals surface area contributed by atoms with E-state index in [-0.39, 0.29) is 11.9 Å². The summed E-state index contributed by atoms with van der Waals surface area (Å²) in [5.41, 5.74) is 2.19. The summed E-state index contributed by atoms with van der Waals surface area (Å²) in [7, 11) is -3.52. The number of hydrogen-bond donors (Lipinski definition) is 1. The van der Waals surface area contributed by atoms with Crippen molar-refractivity contribution in [2.24, 2.45) is 0 Å². The largest absolute Gasteiger partial charge is 0.486 e. The van der Waals surface area contributed by atoms with E-state index in [0.717, 1.165) is 16.9 Å². The number of benzene rings is 2. The maximum Gasteiger partial charge on any atom is 0.237 e. The summed E-state index contributed by atoms with van der Waals surface area (Å²) in [6, 6.07) is 14.9. The van der Waals surface area contributed by atoms with Gasteiger partial charge in [-0.2, -0.15) is 5.10 Å². The van der Waals surface area contributed by atoms with E-state index in [1.54, 1.807) is 16.9 Å². The monoisotopic (exact) mass is 399 g/mol. The summed E-state index contributed by atoms with van der Waals surface area (Å²) >= 11 is 0. The van der Waals surface area contributed by atoms with E-state index >= 15 is 0 Å². The number of nitrogens with one attached hydrogen (secondary N) is 1. The van der Waals surface area contributed by atoms with E-state index in [1.165, 1.54) is 6.20 Å². The number of anilines is 1. The predicted molar refractivity (Wildman–Crippen MR) is 106 cm³/mol. The second-order valence-electron chi connectivity index (χ2n) is 6.80. The van der Waals surface area contributed by atoms with Gasteiger partial charge in [-0.1, -0.05) is 42.0 Å². The van der Waals surface area contributed by atoms with Crippen molar-refractivity contribution in [2.75, 3.05) is 11.3 Å². The highest BCUT2D eigenvalue weighted by molar-refractivity contribution is 7.91. The third kappa shape index (κ3) is 4.45. The Kier molecular flexibility index (Phi) is 4.95. The molecule has 0 unspecified atom stereocenters. The standard InChI is InChI=1S/C20H21N3O4S/c1-15-5-4-6-16(9-15)14-28(24,25)22-17-10-21-23(11-17)12-18-13-26-19-7-2-3-8-20(19)27-18/h2-11,18,22H,12-14H2,1H3/t18-/m1/s1. The third-order valence-electron chi connectivity index (χ3n) is 4.30. The van der Waals surface area contributed by atoms with Gasteiger partial charge in [0.2, 0.25) is 10.0 Å². The first kappa shape index (κ1) is 18.4. The number of fused-ring (bicyclic) bond motifs is 1. The quantitative estimate of drug-likeness (QED) is 0.689. The fourth-order valence-electron chi connectivity index (χ4n) is 3.11. The third-order valence-corrected chi connectivity index (χ3v) is 5.56. The molecule has 0 amide bonds. The molecule has 0 spiro atoms. The fraction of sp³-hybridized carbons (Fsp3) is 0.250. The molecule has 1 aliphatic heterocycles. The molecule has 0 bridgehead atoms. The molecule has 1 aromatic heterocycles. The molecule has 1 atom stereocenters. The molecule has 0 aliphatic carbocycles. The van der Waals surface area contributed by atoms with Crippen LogP contribution in [0.4, 0.5) is 5.69 Å². The highest BCUT2D eigenvalue weighted by Crippen LogP contribution is 2.31. The van der Waals surface area contributed by atoms with Crippen LogP contribution in [-0.4, -0.2) is 30.9 Å². The second-order valence-corrected chi connectivity index (χ2v) is 8.52. The number of nitrogens with zero attached hydrogens (tertiary/aromatic N) is 2. The maximum atomic E-state index is 12.4. The first-order valence-corrected chi connectivity index (χ1v) is 10.6. The van der Waals surface area contributed by atoms with Crippen LogP contribution in [0.15, 0.2) is 60.9 Å². The lowest BCUT2D eigenvalue weighted by Gasteiger charge is -2.26. The number of rotatable bonds is 6. The van der Waals surface area contributed by atoms with Gasteiger partial charge in [-0.25, -0.2) is 8.42 Å². The maximum absolute atomic E-state index is 12.4. The Bertz CT molecular complexity index is 1080. The summed E-state index contributed by atoms with van der Waals surface area (Å²) in [5.74, 6) is 1.34. The minimum absolute atomic E-state index is 0.0871. The zero-order valence-electron chi connectivity index (χ0n) is 15.4. The summed E-state index contributed by atoms with van der Waals surface area (Å²) < 4.78 is 40.7. The highest BCUT2D eigenvalue weighted by atomic mass is 32.2. The second kappa shape index (κ2) is 7.55. The molecule has 7 nitrogen and oxygen atoms in total. The van der Waals surface area contributed by atoms with Crippen LogP contribution in [0.2, 0.25) is 0 Å². The molecule has 3 aromatic rings. The zero-order chi connectivity index (χ0) is 19.6. The number of sulfonamides is 1. The SMILES string of the molecule is Cc1cccc(CS(=O)(=O)Nc2cnn(C[C@@H]3COc4ccccc4O3)c2)c1. The van der Waals surface area contributed by atoms with Crippen LogP contribution in [0, 0.1) is 6.92 Å². The van der Waals surface area contributed by atoms with Crippen molar-refractivity contribution in [3.05, 3.63) is 72.1 Å². The van der Waals surface area contributed by atoms with Gasteiger partial charge in [-0.3, -0.25) is 9.40 Å². The van der Waals surface area contributed by atoms with Gasteiger partial charge in [0, 0.05) is 6.20 Å². The average Bonchev–Trinajstić information content (AvgIpc) is 3.07. The number of aryl methyl sites for hydroxylation is 1. The molecule has 0 radical (unpaired) electrons.